The molecule has 2 aliphatic carbocycles. The molecule has 0 aromatic heterocycles. The molecule has 0 bridgehead atoms. The summed E-state index contributed by atoms with van der Waals surface area (Å²) in [5.74, 6) is -7.80. The van der Waals surface area contributed by atoms with Crippen LogP contribution in [0, 0.1) is 47.3 Å². The van der Waals surface area contributed by atoms with Gasteiger partial charge in [-0.05, 0) is 55.9 Å². The molecule has 8 heteroatoms. The first-order chi connectivity index (χ1) is 17.0. The summed E-state index contributed by atoms with van der Waals surface area (Å²) in [5.41, 5.74) is 0.184. The number of unbranched alkanes of at least 4 members (excludes halogenated alkanes) is 2. The normalized spacial score (nSPS) is 35.2. The Balaban J connectivity index is 2.03. The molecule has 3 N–H and O–H groups in total. The maximum Gasteiger partial charge on any atom is 0.306 e. The lowest BCUT2D eigenvalue weighted by Crippen LogP contribution is -2.50. The number of carboxylic acid groups (broad SMARTS) is 1. The molecule has 0 spiro atoms. The minimum atomic E-state index is -1.25. The summed E-state index contributed by atoms with van der Waals surface area (Å²) in [7, 11) is 0. The van der Waals surface area contributed by atoms with E-state index in [1.807, 2.05) is 6.92 Å². The SMILES string of the molecule is C=C[C@H](CCCCC)[C@@H]1C(=O)NC(=O)[C@H]1C(=O)[C@@H]1/C(=C/C(C)O)C(=O)C[C@@H]2C[C@H](C(=O)O)C[C@H](C)[C@H]21. The summed E-state index contributed by atoms with van der Waals surface area (Å²) in [5, 5.41) is 22.0. The highest BCUT2D eigenvalue weighted by molar-refractivity contribution is 6.18. The molecule has 198 valence electrons. The van der Waals surface area contributed by atoms with Crippen LogP contribution in [0.25, 0.3) is 0 Å². The predicted octanol–water partition coefficient (Wildman–Crippen LogP) is 3.09. The summed E-state index contributed by atoms with van der Waals surface area (Å²) in [6.45, 7) is 9.31. The topological polar surface area (TPSA) is 138 Å². The molecule has 1 heterocycles. The Bertz CT molecular complexity index is 952. The average molecular weight is 502 g/mol. The van der Waals surface area contributed by atoms with E-state index in [4.69, 9.17) is 0 Å². The maximum absolute atomic E-state index is 14.2. The number of ketones is 2. The van der Waals surface area contributed by atoms with E-state index < -0.39 is 53.3 Å². The van der Waals surface area contributed by atoms with Gasteiger partial charge in [-0.3, -0.25) is 29.3 Å². The largest absolute Gasteiger partial charge is 0.481 e. The van der Waals surface area contributed by atoms with Crippen LogP contribution in [0.4, 0.5) is 0 Å². The maximum atomic E-state index is 14.2. The Morgan fingerprint density at radius 3 is 2.42 bits per heavy atom. The number of carbonyl (C=O) groups is 5. The Kier molecular flexibility index (Phi) is 9.03. The van der Waals surface area contributed by atoms with Crippen LogP contribution in [-0.4, -0.2) is 45.7 Å². The predicted molar refractivity (Wildman–Crippen MR) is 132 cm³/mol. The molecule has 1 saturated heterocycles. The summed E-state index contributed by atoms with van der Waals surface area (Å²) < 4.78 is 0. The number of Topliss-reactive ketones (excluding diaryl/α,β-unsaturated/α-hetero) is 2. The van der Waals surface area contributed by atoms with Crippen molar-refractivity contribution >= 4 is 29.4 Å². The van der Waals surface area contributed by atoms with Gasteiger partial charge >= 0.3 is 5.97 Å². The minimum Gasteiger partial charge on any atom is -0.481 e. The summed E-state index contributed by atoms with van der Waals surface area (Å²) >= 11 is 0. The van der Waals surface area contributed by atoms with E-state index in [0.29, 0.717) is 12.8 Å². The fourth-order valence-electron chi connectivity index (χ4n) is 6.86. The average Bonchev–Trinajstić information content (AvgIpc) is 3.10. The molecule has 3 fully saturated rings. The number of aliphatic hydroxyl groups excluding tert-OH is 1. The van der Waals surface area contributed by atoms with Gasteiger partial charge in [0.25, 0.3) is 0 Å². The number of imide groups is 1. The lowest BCUT2D eigenvalue weighted by atomic mass is 9.55. The fraction of sp³-hybridized carbons (Fsp3) is 0.679. The molecule has 1 aliphatic heterocycles. The van der Waals surface area contributed by atoms with Gasteiger partial charge in [-0.15, -0.1) is 6.58 Å². The number of amides is 2. The molecule has 9 atom stereocenters. The second-order valence-electron chi connectivity index (χ2n) is 10.9. The Morgan fingerprint density at radius 2 is 1.83 bits per heavy atom. The molecule has 2 saturated carbocycles. The van der Waals surface area contributed by atoms with Gasteiger partial charge < -0.3 is 10.2 Å². The summed E-state index contributed by atoms with van der Waals surface area (Å²) in [4.78, 5) is 65.1. The van der Waals surface area contributed by atoms with Crippen molar-refractivity contribution in [2.24, 2.45) is 47.3 Å². The van der Waals surface area contributed by atoms with Gasteiger partial charge in [-0.2, -0.15) is 0 Å². The third kappa shape index (κ3) is 5.53. The molecule has 2 amide bonds. The van der Waals surface area contributed by atoms with E-state index in [0.717, 1.165) is 19.3 Å². The molecule has 8 nitrogen and oxygen atoms in total. The number of hydrogen-bond acceptors (Lipinski definition) is 6. The number of allylic oxidation sites excluding steroid dienone is 2. The first-order valence-corrected chi connectivity index (χ1v) is 13.2. The standard InChI is InChI=1S/C28H39NO7/c1-5-7-8-9-16(6-2)22-24(27(34)29-26(22)33)25(32)23-19(11-15(4)30)20(31)13-17-12-18(28(35)36)10-14(3)21(17)23/h6,11,14-18,21-24,30H,2,5,7-10,12-13H2,1,3-4H3,(H,35,36)(H,29,33,34)/b19-11+/t14-,15?,16+,17-,18+,21+,22-,23+,24+/m0/s1. The van der Waals surface area contributed by atoms with Crippen molar-refractivity contribution in [1.82, 2.24) is 5.32 Å². The number of aliphatic carboxylic acids is 1. The van der Waals surface area contributed by atoms with Crippen LogP contribution in [0.15, 0.2) is 24.3 Å². The highest BCUT2D eigenvalue weighted by atomic mass is 16.4. The zero-order valence-corrected chi connectivity index (χ0v) is 21.4. The third-order valence-corrected chi connectivity index (χ3v) is 8.41. The third-order valence-electron chi connectivity index (χ3n) is 8.41. The van der Waals surface area contributed by atoms with Gasteiger partial charge in [0.1, 0.15) is 5.92 Å². The van der Waals surface area contributed by atoms with E-state index in [-0.39, 0.29) is 47.9 Å². The van der Waals surface area contributed by atoms with Crippen LogP contribution in [0.5, 0.6) is 0 Å². The van der Waals surface area contributed by atoms with Crippen LogP contribution in [-0.2, 0) is 24.0 Å². The zero-order chi connectivity index (χ0) is 26.7. The monoisotopic (exact) mass is 501 g/mol. The molecule has 0 aromatic carbocycles. The van der Waals surface area contributed by atoms with Gasteiger partial charge in [0.15, 0.2) is 11.6 Å². The number of aliphatic hydroxyl groups is 1. The van der Waals surface area contributed by atoms with Crippen LogP contribution in [0.3, 0.4) is 0 Å². The number of carbonyl (C=O) groups excluding carboxylic acids is 4. The first-order valence-electron chi connectivity index (χ1n) is 13.2. The summed E-state index contributed by atoms with van der Waals surface area (Å²) in [6.07, 6.45) is 6.18. The van der Waals surface area contributed by atoms with Crippen molar-refractivity contribution in [1.29, 1.82) is 0 Å². The number of carboxylic acids is 1. The van der Waals surface area contributed by atoms with Crippen molar-refractivity contribution in [3.8, 4) is 0 Å². The van der Waals surface area contributed by atoms with Crippen LogP contribution in [0.1, 0.15) is 65.7 Å². The molecule has 1 unspecified atom stereocenters. The quantitative estimate of drug-likeness (QED) is 0.137. The highest BCUT2D eigenvalue weighted by Gasteiger charge is 2.56. The van der Waals surface area contributed by atoms with Gasteiger partial charge in [0, 0.05) is 12.0 Å². The molecule has 36 heavy (non-hydrogen) atoms. The minimum absolute atomic E-state index is 0.104. The number of nitrogens with one attached hydrogen (secondary N) is 1. The van der Waals surface area contributed by atoms with E-state index in [1.54, 1.807) is 6.08 Å². The lowest BCUT2D eigenvalue weighted by Gasteiger charge is -2.47. The second kappa shape index (κ2) is 11.6. The molecule has 3 aliphatic rings. The molecule has 3 rings (SSSR count). The van der Waals surface area contributed by atoms with Crippen molar-refractivity contribution in [3.05, 3.63) is 24.3 Å². The van der Waals surface area contributed by atoms with Gasteiger partial charge in [0.05, 0.1) is 23.9 Å². The molecular weight excluding hydrogens is 462 g/mol. The van der Waals surface area contributed by atoms with Gasteiger partial charge in [-0.1, -0.05) is 39.2 Å². The van der Waals surface area contributed by atoms with Crippen LogP contribution >= 0.6 is 0 Å². The van der Waals surface area contributed by atoms with Crippen molar-refractivity contribution in [3.63, 3.8) is 0 Å². The first kappa shape index (κ1) is 28.0. The number of hydrogen-bond donors (Lipinski definition) is 3. The molecule has 0 radical (unpaired) electrons. The fourth-order valence-corrected chi connectivity index (χ4v) is 6.86. The molecule has 0 aromatic rings. The van der Waals surface area contributed by atoms with E-state index in [9.17, 15) is 34.2 Å². The van der Waals surface area contributed by atoms with Gasteiger partial charge in [-0.25, -0.2) is 0 Å². The van der Waals surface area contributed by atoms with E-state index in [1.165, 1.54) is 13.0 Å². The number of fused-ring (bicyclic) bond motifs is 1. The van der Waals surface area contributed by atoms with Crippen LogP contribution < -0.4 is 5.32 Å². The second-order valence-corrected chi connectivity index (χ2v) is 10.9. The lowest BCUT2D eigenvalue weighted by molar-refractivity contribution is -0.148. The Morgan fingerprint density at radius 1 is 1.14 bits per heavy atom. The van der Waals surface area contributed by atoms with E-state index >= 15 is 0 Å². The number of rotatable bonds is 10. The summed E-state index contributed by atoms with van der Waals surface area (Å²) in [6, 6.07) is 0. The van der Waals surface area contributed by atoms with E-state index in [2.05, 4.69) is 18.8 Å². The zero-order valence-electron chi connectivity index (χ0n) is 21.4. The van der Waals surface area contributed by atoms with Gasteiger partial charge in [0.2, 0.25) is 11.8 Å². The smallest absolute Gasteiger partial charge is 0.306 e. The van der Waals surface area contributed by atoms with Crippen molar-refractivity contribution in [2.75, 3.05) is 0 Å². The Labute approximate surface area is 212 Å². The Hall–Kier alpha value is -2.61. The molecular formula is C28H39NO7. The van der Waals surface area contributed by atoms with Crippen molar-refractivity contribution in [2.45, 2.75) is 71.8 Å². The van der Waals surface area contributed by atoms with Crippen molar-refractivity contribution < 1.29 is 34.2 Å². The highest BCUT2D eigenvalue weighted by Crippen LogP contribution is 2.51. The van der Waals surface area contributed by atoms with Crippen LogP contribution in [0.2, 0.25) is 0 Å².